The number of nitrogens with one attached hydrogen (secondary N) is 1. The van der Waals surface area contributed by atoms with Crippen LogP contribution in [-0.2, 0) is 44.5 Å². The molecule has 2 heterocycles. The van der Waals surface area contributed by atoms with Crippen molar-refractivity contribution in [1.29, 1.82) is 0 Å². The van der Waals surface area contributed by atoms with E-state index in [1.807, 2.05) is 60.7 Å². The summed E-state index contributed by atoms with van der Waals surface area (Å²) >= 11 is 0. The van der Waals surface area contributed by atoms with Crippen LogP contribution in [0.5, 0.6) is 0 Å². The van der Waals surface area contributed by atoms with Crippen molar-refractivity contribution in [1.82, 2.24) is 10.2 Å². The molecule has 3 aliphatic carbocycles. The second kappa shape index (κ2) is 23.2. The van der Waals surface area contributed by atoms with Crippen molar-refractivity contribution >= 4 is 29.8 Å². The second-order valence-corrected chi connectivity index (χ2v) is 23.2. The molecule has 2 aromatic carbocycles. The average molecular weight is 981 g/mol. The summed E-state index contributed by atoms with van der Waals surface area (Å²) in [5.74, 6) is -1.73. The molecule has 2 aliphatic heterocycles. The van der Waals surface area contributed by atoms with Gasteiger partial charge >= 0.3 is 11.9 Å². The zero-order valence-electron chi connectivity index (χ0n) is 44.3. The Labute approximate surface area is 424 Å². The number of likely N-dealkylation sites (N-methyl/N-ethyl adjacent to an activating group) is 1. The van der Waals surface area contributed by atoms with Crippen LogP contribution in [0.25, 0.3) is 6.08 Å². The Kier molecular flexibility index (Phi) is 17.8. The summed E-state index contributed by atoms with van der Waals surface area (Å²) in [6.07, 6.45) is 14.9. The number of carbonyl (C=O) groups is 4. The number of nitrogens with zero attached hydrogens (tertiary/aromatic N) is 1. The normalized spacial score (nSPS) is 27.7. The summed E-state index contributed by atoms with van der Waals surface area (Å²) in [5, 5.41) is 13.3. The van der Waals surface area contributed by atoms with E-state index < -0.39 is 72.1 Å². The van der Waals surface area contributed by atoms with Gasteiger partial charge in [0.25, 0.3) is 0 Å². The van der Waals surface area contributed by atoms with Gasteiger partial charge in [-0.25, -0.2) is 4.79 Å². The lowest BCUT2D eigenvalue weighted by molar-refractivity contribution is -0.190. The van der Waals surface area contributed by atoms with E-state index >= 15 is 4.79 Å². The summed E-state index contributed by atoms with van der Waals surface area (Å²) in [6.45, 7) is 16.3. The van der Waals surface area contributed by atoms with Crippen molar-refractivity contribution in [2.75, 3.05) is 13.7 Å². The first-order valence-electron chi connectivity index (χ1n) is 27.0. The van der Waals surface area contributed by atoms with Crippen molar-refractivity contribution in [2.45, 2.75) is 218 Å². The first kappa shape index (κ1) is 54.4. The second-order valence-electron chi connectivity index (χ2n) is 23.2. The van der Waals surface area contributed by atoms with Gasteiger partial charge in [0, 0.05) is 44.7 Å². The molecule has 2 N–H and O–H groups in total. The smallest absolute Gasteiger partial charge is 0.339 e. The van der Waals surface area contributed by atoms with Crippen LogP contribution in [0.2, 0.25) is 0 Å². The number of epoxide rings is 1. The summed E-state index contributed by atoms with van der Waals surface area (Å²) in [4.78, 5) is 58.2. The van der Waals surface area contributed by atoms with Crippen LogP contribution in [0, 0.1) is 17.3 Å². The predicted molar refractivity (Wildman–Crippen MR) is 275 cm³/mol. The molecule has 0 bridgehead atoms. The number of aliphatic hydroxyl groups is 1. The lowest BCUT2D eigenvalue weighted by atomic mass is 9.52. The van der Waals surface area contributed by atoms with Gasteiger partial charge in [0.15, 0.2) is 5.79 Å². The van der Waals surface area contributed by atoms with Crippen LogP contribution in [0.4, 0.5) is 0 Å². The minimum Gasteiger partial charge on any atom is -0.460 e. The fraction of sp³-hybridized carbons (Fsp3) is 0.661. The monoisotopic (exact) mass is 981 g/mol. The Morgan fingerprint density at radius 3 is 2.27 bits per heavy atom. The van der Waals surface area contributed by atoms with E-state index in [9.17, 15) is 19.5 Å². The first-order valence-corrected chi connectivity index (χ1v) is 27.0. The van der Waals surface area contributed by atoms with E-state index in [-0.39, 0.29) is 42.8 Å². The zero-order chi connectivity index (χ0) is 51.1. The molecule has 71 heavy (non-hydrogen) atoms. The molecule has 4 fully saturated rings. The third-order valence-corrected chi connectivity index (χ3v) is 16.0. The minimum absolute atomic E-state index is 0.00642. The van der Waals surface area contributed by atoms with Crippen LogP contribution in [0.1, 0.15) is 180 Å². The van der Waals surface area contributed by atoms with Gasteiger partial charge in [-0.1, -0.05) is 114 Å². The van der Waals surface area contributed by atoms with E-state index in [4.69, 9.17) is 23.7 Å². The van der Waals surface area contributed by atoms with E-state index in [1.165, 1.54) is 10.5 Å². The lowest BCUT2D eigenvalue weighted by Gasteiger charge is -2.53. The van der Waals surface area contributed by atoms with Crippen LogP contribution >= 0.6 is 0 Å². The van der Waals surface area contributed by atoms with Gasteiger partial charge in [-0.15, -0.1) is 0 Å². The molecule has 0 radical (unpaired) electrons. The molecule has 5 aliphatic rings. The number of rotatable bonds is 21. The maximum absolute atomic E-state index is 15.0. The molecule has 9 unspecified atom stereocenters. The van der Waals surface area contributed by atoms with Crippen molar-refractivity contribution in [2.24, 2.45) is 17.3 Å². The van der Waals surface area contributed by atoms with Gasteiger partial charge in [0.1, 0.15) is 30.0 Å². The summed E-state index contributed by atoms with van der Waals surface area (Å²) in [7, 11) is 1.61. The molecule has 7 rings (SSSR count). The number of unbranched alkanes of at least 4 members (excludes halogenated alkanes) is 4. The molecule has 2 saturated heterocycles. The number of hydrogen-bond donors (Lipinski definition) is 2. The van der Waals surface area contributed by atoms with Crippen molar-refractivity contribution in [3.63, 3.8) is 0 Å². The maximum Gasteiger partial charge on any atom is 0.339 e. The Bertz CT molecular complexity index is 2220. The third kappa shape index (κ3) is 13.6. The van der Waals surface area contributed by atoms with Gasteiger partial charge in [-0.2, -0.15) is 0 Å². The standard InChI is InChI=1S/C59H84N2O10/c1-10-12-19-30-59(31-20-13-11-2)68-49-36-42(54(65)61(9)47(33-39-21-15-14-16-22-39)53(64)60-43(38-62)26-28-51(63)70-56(3,4)5)35-48(52(49)71-59)67-55(66)44-24-18-17-23-40(44)34-41-25-27-50-58(8,69-50)32-29-46-45(41)37-57(46,6)7/h14-18,21-24,34,36,43,45-50,52,62H,10-13,19-20,25-33,35,37-38H2,1-9H3,(H,60,64). The molecular formula is C59H84N2O10. The molecule has 12 heteroatoms. The molecule has 2 aromatic rings. The number of ether oxygens (including phenoxy) is 5. The Balaban J connectivity index is 1.17. The van der Waals surface area contributed by atoms with E-state index in [2.05, 4.69) is 46.0 Å². The van der Waals surface area contributed by atoms with E-state index in [0.29, 0.717) is 35.8 Å². The first-order chi connectivity index (χ1) is 33.8. The van der Waals surface area contributed by atoms with Crippen LogP contribution in [0.3, 0.4) is 0 Å². The van der Waals surface area contributed by atoms with Crippen LogP contribution in [0.15, 0.2) is 71.8 Å². The van der Waals surface area contributed by atoms with Gasteiger partial charge in [-0.3, -0.25) is 14.4 Å². The molecule has 2 saturated carbocycles. The predicted octanol–water partition coefficient (Wildman–Crippen LogP) is 10.6. The van der Waals surface area contributed by atoms with Crippen molar-refractivity contribution in [3.8, 4) is 0 Å². The number of carbonyl (C=O) groups excluding carboxylic acids is 4. The van der Waals surface area contributed by atoms with Gasteiger partial charge in [-0.05, 0) is 120 Å². The summed E-state index contributed by atoms with van der Waals surface area (Å²) in [5.41, 5.74) is 3.36. The highest BCUT2D eigenvalue weighted by molar-refractivity contribution is 5.98. The fourth-order valence-electron chi connectivity index (χ4n) is 11.8. The largest absolute Gasteiger partial charge is 0.460 e. The average Bonchev–Trinajstić information content (AvgIpc) is 3.81. The quantitative estimate of drug-likeness (QED) is 0.0702. The molecule has 12 nitrogen and oxygen atoms in total. The van der Waals surface area contributed by atoms with Gasteiger partial charge in [0.05, 0.1) is 29.9 Å². The van der Waals surface area contributed by atoms with Crippen LogP contribution < -0.4 is 5.32 Å². The Morgan fingerprint density at radius 1 is 0.915 bits per heavy atom. The number of amides is 2. The fourth-order valence-corrected chi connectivity index (χ4v) is 11.8. The molecule has 390 valence electrons. The van der Waals surface area contributed by atoms with Crippen molar-refractivity contribution in [3.05, 3.63) is 88.5 Å². The molecule has 0 aromatic heterocycles. The Hall–Kier alpha value is -4.36. The highest BCUT2D eigenvalue weighted by Gasteiger charge is 2.57. The van der Waals surface area contributed by atoms with E-state index in [0.717, 1.165) is 81.8 Å². The highest BCUT2D eigenvalue weighted by atomic mass is 16.8. The number of esters is 2. The van der Waals surface area contributed by atoms with Crippen LogP contribution in [-0.4, -0.2) is 101 Å². The molecule has 2 amide bonds. The number of hydrogen-bond acceptors (Lipinski definition) is 10. The number of fused-ring (bicyclic) bond motifs is 3. The molecule has 9 atom stereocenters. The number of benzene rings is 2. The molecular weight excluding hydrogens is 897 g/mol. The molecule has 0 spiro atoms. The zero-order valence-corrected chi connectivity index (χ0v) is 44.3. The minimum atomic E-state index is -0.999. The summed E-state index contributed by atoms with van der Waals surface area (Å²) in [6, 6.07) is 15.4. The number of allylic oxidation sites excluding steroid dienone is 1. The highest BCUT2D eigenvalue weighted by Crippen LogP contribution is 2.60. The third-order valence-electron chi connectivity index (χ3n) is 16.0. The van der Waals surface area contributed by atoms with Crippen molar-refractivity contribution < 1.29 is 48.0 Å². The number of aliphatic hydroxyl groups excluding tert-OH is 1. The maximum atomic E-state index is 15.0. The Morgan fingerprint density at radius 2 is 1.61 bits per heavy atom. The topological polar surface area (TPSA) is 153 Å². The van der Waals surface area contributed by atoms with Gasteiger partial charge < -0.3 is 39.0 Å². The van der Waals surface area contributed by atoms with Gasteiger partial charge in [0.2, 0.25) is 11.8 Å². The van der Waals surface area contributed by atoms with E-state index in [1.54, 1.807) is 27.8 Å². The summed E-state index contributed by atoms with van der Waals surface area (Å²) < 4.78 is 32.3. The SMILES string of the molecule is CCCCCC1(CCCCC)OC2C=C(C(=O)N(C)C(Cc3ccccc3)C(=O)NC(CO)CCC(=O)OC(C)(C)C)CC(OC(=O)c3ccccc3C=C3CCC4OC4(C)CCC4C3CC4(C)C)C2O1. The lowest BCUT2D eigenvalue weighted by Crippen LogP contribution is -2.53.